The third-order valence-electron chi connectivity index (χ3n) is 2.52. The third-order valence-corrected chi connectivity index (χ3v) is 2.85. The standard InChI is InChI=1S/C12H14ClFO2/c1-7(11(15)16)9-5-4-8(6-10(9)13)12(2,3)14/h4-7H,1-3H3,(H,15,16). The molecule has 0 heterocycles. The maximum absolute atomic E-state index is 13.6. The van der Waals surface area contributed by atoms with Crippen molar-refractivity contribution in [3.8, 4) is 0 Å². The van der Waals surface area contributed by atoms with Gasteiger partial charge in [-0.05, 0) is 38.0 Å². The summed E-state index contributed by atoms with van der Waals surface area (Å²) in [6.07, 6.45) is 0. The maximum Gasteiger partial charge on any atom is 0.310 e. The van der Waals surface area contributed by atoms with Gasteiger partial charge in [-0.25, -0.2) is 4.39 Å². The van der Waals surface area contributed by atoms with E-state index in [1.54, 1.807) is 19.1 Å². The summed E-state index contributed by atoms with van der Waals surface area (Å²) in [5.74, 6) is -1.64. The molecule has 1 N–H and O–H groups in total. The second kappa shape index (κ2) is 4.42. The van der Waals surface area contributed by atoms with E-state index in [-0.39, 0.29) is 5.02 Å². The number of carboxylic acids is 1. The molecular formula is C12H14ClFO2. The Balaban J connectivity index is 3.15. The van der Waals surface area contributed by atoms with Crippen LogP contribution in [0.15, 0.2) is 18.2 Å². The van der Waals surface area contributed by atoms with Crippen molar-refractivity contribution >= 4 is 17.6 Å². The van der Waals surface area contributed by atoms with Gasteiger partial charge < -0.3 is 5.11 Å². The average molecular weight is 245 g/mol. The Labute approximate surface area is 99.0 Å². The van der Waals surface area contributed by atoms with Crippen molar-refractivity contribution in [1.29, 1.82) is 0 Å². The number of alkyl halides is 1. The zero-order valence-corrected chi connectivity index (χ0v) is 10.2. The van der Waals surface area contributed by atoms with E-state index in [2.05, 4.69) is 0 Å². The van der Waals surface area contributed by atoms with Crippen LogP contribution in [0, 0.1) is 0 Å². The lowest BCUT2D eigenvalue weighted by atomic mass is 9.95. The highest BCUT2D eigenvalue weighted by Crippen LogP contribution is 2.31. The SMILES string of the molecule is CC(C(=O)O)c1ccc(C(C)(C)F)cc1Cl. The van der Waals surface area contributed by atoms with Gasteiger partial charge in [0.1, 0.15) is 5.67 Å². The minimum absolute atomic E-state index is 0.290. The van der Waals surface area contributed by atoms with Gasteiger partial charge in [-0.2, -0.15) is 0 Å². The normalized spacial score (nSPS) is 13.6. The maximum atomic E-state index is 13.6. The molecule has 0 bridgehead atoms. The van der Waals surface area contributed by atoms with Crippen LogP contribution >= 0.6 is 11.6 Å². The fraction of sp³-hybridized carbons (Fsp3) is 0.417. The number of carboxylic acid groups (broad SMARTS) is 1. The molecule has 0 aromatic heterocycles. The molecular weight excluding hydrogens is 231 g/mol. The molecule has 0 aliphatic rings. The second-order valence-electron chi connectivity index (χ2n) is 4.27. The van der Waals surface area contributed by atoms with Crippen LogP contribution in [0.5, 0.6) is 0 Å². The van der Waals surface area contributed by atoms with Crippen LogP contribution in [0.1, 0.15) is 37.8 Å². The van der Waals surface area contributed by atoms with Gasteiger partial charge in [-0.1, -0.05) is 23.7 Å². The van der Waals surface area contributed by atoms with Gasteiger partial charge in [0.05, 0.1) is 5.92 Å². The zero-order valence-electron chi connectivity index (χ0n) is 9.42. The van der Waals surface area contributed by atoms with Crippen LogP contribution in [-0.4, -0.2) is 11.1 Å². The lowest BCUT2D eigenvalue weighted by Crippen LogP contribution is -2.11. The molecule has 0 aliphatic heterocycles. The summed E-state index contributed by atoms with van der Waals surface area (Å²) < 4.78 is 13.6. The average Bonchev–Trinajstić information content (AvgIpc) is 2.15. The van der Waals surface area contributed by atoms with Gasteiger partial charge in [0.2, 0.25) is 0 Å². The number of aliphatic carboxylic acids is 1. The van der Waals surface area contributed by atoms with Crippen molar-refractivity contribution in [3.63, 3.8) is 0 Å². The molecule has 0 amide bonds. The highest BCUT2D eigenvalue weighted by molar-refractivity contribution is 6.31. The first kappa shape index (κ1) is 13.0. The number of benzene rings is 1. The quantitative estimate of drug-likeness (QED) is 0.880. The Bertz CT molecular complexity index is 410. The Morgan fingerprint density at radius 3 is 2.44 bits per heavy atom. The van der Waals surface area contributed by atoms with E-state index in [1.807, 2.05) is 0 Å². The Morgan fingerprint density at radius 2 is 2.06 bits per heavy atom. The summed E-state index contributed by atoms with van der Waals surface area (Å²) in [7, 11) is 0. The summed E-state index contributed by atoms with van der Waals surface area (Å²) in [6.45, 7) is 4.40. The Hall–Kier alpha value is -1.09. The fourth-order valence-corrected chi connectivity index (χ4v) is 1.73. The summed E-state index contributed by atoms with van der Waals surface area (Å²) in [6, 6.07) is 4.62. The van der Waals surface area contributed by atoms with Crippen LogP contribution in [0.3, 0.4) is 0 Å². The Morgan fingerprint density at radius 1 is 1.50 bits per heavy atom. The monoisotopic (exact) mass is 244 g/mol. The van der Waals surface area contributed by atoms with Crippen LogP contribution < -0.4 is 0 Å². The first-order valence-corrected chi connectivity index (χ1v) is 5.33. The highest BCUT2D eigenvalue weighted by Gasteiger charge is 2.22. The van der Waals surface area contributed by atoms with E-state index in [9.17, 15) is 9.18 Å². The van der Waals surface area contributed by atoms with E-state index in [1.165, 1.54) is 19.9 Å². The van der Waals surface area contributed by atoms with E-state index in [0.29, 0.717) is 11.1 Å². The topological polar surface area (TPSA) is 37.3 Å². The van der Waals surface area contributed by atoms with E-state index >= 15 is 0 Å². The molecule has 4 heteroatoms. The van der Waals surface area contributed by atoms with Gasteiger partial charge in [-0.3, -0.25) is 4.79 Å². The molecule has 1 aromatic carbocycles. The summed E-state index contributed by atoms with van der Waals surface area (Å²) in [5, 5.41) is 9.15. The molecule has 2 nitrogen and oxygen atoms in total. The van der Waals surface area contributed by atoms with Crippen molar-refractivity contribution in [1.82, 2.24) is 0 Å². The largest absolute Gasteiger partial charge is 0.481 e. The molecule has 1 atom stereocenters. The lowest BCUT2D eigenvalue weighted by molar-refractivity contribution is -0.138. The minimum Gasteiger partial charge on any atom is -0.481 e. The predicted molar refractivity (Wildman–Crippen MR) is 61.6 cm³/mol. The highest BCUT2D eigenvalue weighted by atomic mass is 35.5. The van der Waals surface area contributed by atoms with Crippen molar-refractivity contribution in [2.45, 2.75) is 32.4 Å². The molecule has 0 spiro atoms. The van der Waals surface area contributed by atoms with Gasteiger partial charge in [0.15, 0.2) is 0 Å². The molecule has 1 unspecified atom stereocenters. The molecule has 0 saturated carbocycles. The van der Waals surface area contributed by atoms with Crippen LogP contribution in [0.4, 0.5) is 4.39 Å². The van der Waals surface area contributed by atoms with Gasteiger partial charge >= 0.3 is 5.97 Å². The summed E-state index contributed by atoms with van der Waals surface area (Å²) in [5.41, 5.74) is -0.532. The minimum atomic E-state index is -1.48. The van der Waals surface area contributed by atoms with E-state index in [4.69, 9.17) is 16.7 Å². The molecule has 16 heavy (non-hydrogen) atoms. The lowest BCUT2D eigenvalue weighted by Gasteiger charge is -2.17. The van der Waals surface area contributed by atoms with Crippen molar-refractivity contribution in [2.24, 2.45) is 0 Å². The molecule has 0 fully saturated rings. The first-order chi connectivity index (χ1) is 7.23. The Kier molecular flexibility index (Phi) is 3.58. The molecule has 0 aliphatic carbocycles. The first-order valence-electron chi connectivity index (χ1n) is 4.95. The third kappa shape index (κ3) is 2.73. The van der Waals surface area contributed by atoms with Crippen molar-refractivity contribution in [2.75, 3.05) is 0 Å². The summed E-state index contributed by atoms with van der Waals surface area (Å²) >= 11 is 5.94. The number of rotatable bonds is 3. The fourth-order valence-electron chi connectivity index (χ4n) is 1.38. The molecule has 1 aromatic rings. The molecule has 88 valence electrons. The smallest absolute Gasteiger partial charge is 0.310 e. The molecule has 1 rings (SSSR count). The van der Waals surface area contributed by atoms with Crippen LogP contribution in [0.2, 0.25) is 5.02 Å². The van der Waals surface area contributed by atoms with Gasteiger partial charge in [-0.15, -0.1) is 0 Å². The van der Waals surface area contributed by atoms with Crippen molar-refractivity contribution in [3.05, 3.63) is 34.3 Å². The zero-order chi connectivity index (χ0) is 12.5. The number of hydrogen-bond donors (Lipinski definition) is 1. The van der Waals surface area contributed by atoms with E-state index in [0.717, 1.165) is 0 Å². The molecule has 0 saturated heterocycles. The second-order valence-corrected chi connectivity index (χ2v) is 4.68. The number of carbonyl (C=O) groups is 1. The molecule has 0 radical (unpaired) electrons. The number of hydrogen-bond acceptors (Lipinski definition) is 1. The predicted octanol–water partition coefficient (Wildman–Crippen LogP) is 3.73. The van der Waals surface area contributed by atoms with Gasteiger partial charge in [0, 0.05) is 5.02 Å². The van der Waals surface area contributed by atoms with Gasteiger partial charge in [0.25, 0.3) is 0 Å². The number of halogens is 2. The summed E-state index contributed by atoms with van der Waals surface area (Å²) in [4.78, 5) is 10.8. The van der Waals surface area contributed by atoms with Crippen LogP contribution in [0.25, 0.3) is 0 Å². The van der Waals surface area contributed by atoms with Crippen molar-refractivity contribution < 1.29 is 14.3 Å². The van der Waals surface area contributed by atoms with E-state index < -0.39 is 17.6 Å². The van der Waals surface area contributed by atoms with Crippen LogP contribution in [-0.2, 0) is 10.5 Å².